The number of hydrogen-bond acceptors (Lipinski definition) is 3. The number of unbranched alkanes of at least 4 members (excludes halogenated alkanes) is 6. The molecule has 1 aliphatic rings. The van der Waals surface area contributed by atoms with Gasteiger partial charge in [0.15, 0.2) is 0 Å². The molecule has 0 N–H and O–H groups in total. The first-order valence-electron chi connectivity index (χ1n) is 9.97. The van der Waals surface area contributed by atoms with Crippen LogP contribution in [0, 0.1) is 11.6 Å². The van der Waals surface area contributed by atoms with Gasteiger partial charge in [-0.1, -0.05) is 45.4 Å². The first-order valence-corrected chi connectivity index (χ1v) is 9.97. The van der Waals surface area contributed by atoms with E-state index in [9.17, 15) is 18.4 Å². The van der Waals surface area contributed by atoms with Crippen molar-refractivity contribution in [1.82, 2.24) is 4.90 Å². The van der Waals surface area contributed by atoms with Gasteiger partial charge in [0.1, 0.15) is 17.7 Å². The number of halogens is 2. The van der Waals surface area contributed by atoms with Crippen LogP contribution in [0.2, 0.25) is 0 Å². The molecule has 0 saturated carbocycles. The summed E-state index contributed by atoms with van der Waals surface area (Å²) in [4.78, 5) is 26.2. The van der Waals surface area contributed by atoms with Crippen molar-refractivity contribution in [1.29, 1.82) is 0 Å². The minimum Gasteiger partial charge on any atom is -0.464 e. The van der Waals surface area contributed by atoms with E-state index < -0.39 is 29.6 Å². The summed E-state index contributed by atoms with van der Waals surface area (Å²) in [6, 6.07) is 2.15. The first kappa shape index (κ1) is 21.3. The van der Waals surface area contributed by atoms with Gasteiger partial charge in [-0.2, -0.15) is 0 Å². The molecule has 2 rings (SSSR count). The quantitative estimate of drug-likeness (QED) is 0.429. The normalized spacial score (nSPS) is 16.6. The third-order valence-electron chi connectivity index (χ3n) is 4.94. The highest BCUT2D eigenvalue weighted by molar-refractivity contribution is 5.97. The summed E-state index contributed by atoms with van der Waals surface area (Å²) in [6.45, 7) is 2.89. The monoisotopic (exact) mass is 381 g/mol. The summed E-state index contributed by atoms with van der Waals surface area (Å²) >= 11 is 0. The van der Waals surface area contributed by atoms with Crippen LogP contribution in [0.5, 0.6) is 0 Å². The molecule has 1 aliphatic heterocycles. The third kappa shape index (κ3) is 6.29. The van der Waals surface area contributed by atoms with Crippen molar-refractivity contribution in [2.45, 2.75) is 70.8 Å². The van der Waals surface area contributed by atoms with E-state index in [1.807, 2.05) is 0 Å². The van der Waals surface area contributed by atoms with Gasteiger partial charge in [0, 0.05) is 12.6 Å². The average molecular weight is 381 g/mol. The van der Waals surface area contributed by atoms with Crippen molar-refractivity contribution >= 4 is 11.9 Å². The third-order valence-corrected chi connectivity index (χ3v) is 4.94. The van der Waals surface area contributed by atoms with E-state index in [2.05, 4.69) is 6.92 Å². The van der Waals surface area contributed by atoms with Gasteiger partial charge in [0.2, 0.25) is 0 Å². The van der Waals surface area contributed by atoms with Gasteiger partial charge in [0.05, 0.1) is 12.2 Å². The lowest BCUT2D eigenvalue weighted by molar-refractivity contribution is -0.148. The zero-order valence-electron chi connectivity index (χ0n) is 16.0. The fourth-order valence-corrected chi connectivity index (χ4v) is 3.40. The Morgan fingerprint density at radius 1 is 1.11 bits per heavy atom. The van der Waals surface area contributed by atoms with Crippen LogP contribution in [0.1, 0.15) is 75.1 Å². The Bertz CT molecular complexity index is 636. The summed E-state index contributed by atoms with van der Waals surface area (Å²) in [5.41, 5.74) is -0.219. The molecule has 1 amide bonds. The second-order valence-electron chi connectivity index (χ2n) is 7.07. The van der Waals surface area contributed by atoms with Gasteiger partial charge >= 0.3 is 5.97 Å². The molecule has 0 spiro atoms. The SMILES string of the molecule is CCCCCCCCCOC(=O)C1CCCN1C(=O)c1ccc(F)cc1F. The summed E-state index contributed by atoms with van der Waals surface area (Å²) in [7, 11) is 0. The zero-order valence-corrected chi connectivity index (χ0v) is 16.0. The molecule has 4 nitrogen and oxygen atoms in total. The van der Waals surface area contributed by atoms with E-state index in [1.165, 1.54) is 30.6 Å². The molecule has 150 valence electrons. The van der Waals surface area contributed by atoms with E-state index in [4.69, 9.17) is 4.74 Å². The van der Waals surface area contributed by atoms with Gasteiger partial charge < -0.3 is 9.64 Å². The van der Waals surface area contributed by atoms with Gasteiger partial charge in [-0.15, -0.1) is 0 Å². The van der Waals surface area contributed by atoms with Crippen LogP contribution in [-0.4, -0.2) is 36.0 Å². The fraction of sp³-hybridized carbons (Fsp3) is 0.619. The van der Waals surface area contributed by atoms with E-state index in [-0.39, 0.29) is 5.56 Å². The Hall–Kier alpha value is -1.98. The predicted molar refractivity (Wildman–Crippen MR) is 99.4 cm³/mol. The number of carbonyl (C=O) groups excluding carboxylic acids is 2. The van der Waals surface area contributed by atoms with Crippen LogP contribution in [0.4, 0.5) is 8.78 Å². The molecule has 1 fully saturated rings. The number of nitrogens with zero attached hydrogens (tertiary/aromatic N) is 1. The number of ether oxygens (including phenoxy) is 1. The van der Waals surface area contributed by atoms with Crippen molar-refractivity contribution in [3.05, 3.63) is 35.4 Å². The number of amides is 1. The van der Waals surface area contributed by atoms with Crippen LogP contribution < -0.4 is 0 Å². The molecular weight excluding hydrogens is 352 g/mol. The van der Waals surface area contributed by atoms with E-state index in [1.54, 1.807) is 0 Å². The van der Waals surface area contributed by atoms with Crippen molar-refractivity contribution in [2.75, 3.05) is 13.2 Å². The van der Waals surface area contributed by atoms with Crippen molar-refractivity contribution in [2.24, 2.45) is 0 Å². The molecule has 1 saturated heterocycles. The van der Waals surface area contributed by atoms with Gasteiger partial charge in [0.25, 0.3) is 5.91 Å². The topological polar surface area (TPSA) is 46.6 Å². The van der Waals surface area contributed by atoms with Crippen LogP contribution >= 0.6 is 0 Å². The lowest BCUT2D eigenvalue weighted by atomic mass is 10.1. The fourth-order valence-electron chi connectivity index (χ4n) is 3.40. The molecule has 1 aromatic carbocycles. The maximum absolute atomic E-state index is 13.9. The standard InChI is InChI=1S/C21H29F2NO3/c1-2-3-4-5-6-7-8-14-27-21(26)19-10-9-13-24(19)20(25)17-12-11-16(22)15-18(17)23/h11-12,15,19H,2-10,13-14H2,1H3. The van der Waals surface area contributed by atoms with Crippen LogP contribution in [-0.2, 0) is 9.53 Å². The molecule has 1 unspecified atom stereocenters. The minimum absolute atomic E-state index is 0.219. The smallest absolute Gasteiger partial charge is 0.328 e. The van der Waals surface area contributed by atoms with Crippen molar-refractivity contribution in [3.63, 3.8) is 0 Å². The second kappa shape index (κ2) is 11.0. The van der Waals surface area contributed by atoms with Crippen LogP contribution in [0.25, 0.3) is 0 Å². The van der Waals surface area contributed by atoms with Crippen molar-refractivity contribution < 1.29 is 23.1 Å². The van der Waals surface area contributed by atoms with Gasteiger partial charge in [-0.25, -0.2) is 13.6 Å². The Morgan fingerprint density at radius 2 is 1.81 bits per heavy atom. The number of hydrogen-bond donors (Lipinski definition) is 0. The second-order valence-corrected chi connectivity index (χ2v) is 7.07. The Kier molecular flexibility index (Phi) is 8.69. The summed E-state index contributed by atoms with van der Waals surface area (Å²) < 4.78 is 32.3. The van der Waals surface area contributed by atoms with Gasteiger partial charge in [-0.3, -0.25) is 4.79 Å². The molecule has 1 aromatic rings. The highest BCUT2D eigenvalue weighted by atomic mass is 19.1. The maximum Gasteiger partial charge on any atom is 0.328 e. The lowest BCUT2D eigenvalue weighted by Gasteiger charge is -2.23. The largest absolute Gasteiger partial charge is 0.464 e. The highest BCUT2D eigenvalue weighted by Gasteiger charge is 2.36. The number of likely N-dealkylation sites (tertiary alicyclic amines) is 1. The molecule has 0 radical (unpaired) electrons. The summed E-state index contributed by atoms with van der Waals surface area (Å²) in [5, 5.41) is 0. The average Bonchev–Trinajstić information content (AvgIpc) is 3.13. The molecule has 27 heavy (non-hydrogen) atoms. The zero-order chi connectivity index (χ0) is 19.6. The van der Waals surface area contributed by atoms with Crippen molar-refractivity contribution in [3.8, 4) is 0 Å². The molecule has 1 atom stereocenters. The van der Waals surface area contributed by atoms with E-state index >= 15 is 0 Å². The number of esters is 1. The molecule has 0 bridgehead atoms. The summed E-state index contributed by atoms with van der Waals surface area (Å²) in [6.07, 6.45) is 9.05. The van der Waals surface area contributed by atoms with Gasteiger partial charge in [-0.05, 0) is 31.4 Å². The number of carbonyl (C=O) groups is 2. The minimum atomic E-state index is -0.915. The molecule has 0 aromatic heterocycles. The molecule has 0 aliphatic carbocycles. The Balaban J connectivity index is 1.79. The number of benzene rings is 1. The van der Waals surface area contributed by atoms with Crippen LogP contribution in [0.3, 0.4) is 0 Å². The maximum atomic E-state index is 13.9. The first-order chi connectivity index (χ1) is 13.0. The van der Waals surface area contributed by atoms with E-state index in [0.717, 1.165) is 31.4 Å². The lowest BCUT2D eigenvalue weighted by Crippen LogP contribution is -2.41. The Labute approximate surface area is 159 Å². The predicted octanol–water partition coefficient (Wildman–Crippen LogP) is 4.86. The van der Waals surface area contributed by atoms with Crippen LogP contribution in [0.15, 0.2) is 18.2 Å². The summed E-state index contributed by atoms with van der Waals surface area (Å²) in [5.74, 6) is -2.68. The highest BCUT2D eigenvalue weighted by Crippen LogP contribution is 2.23. The molecule has 1 heterocycles. The van der Waals surface area contributed by atoms with E-state index in [0.29, 0.717) is 32.1 Å². The Morgan fingerprint density at radius 3 is 2.52 bits per heavy atom. The molecule has 6 heteroatoms. The number of rotatable bonds is 10. The molecular formula is C21H29F2NO3.